The molecular formula is C17H23Cl2FN2O. The Bertz CT molecular complexity index is 561. The lowest BCUT2D eigenvalue weighted by Gasteiger charge is -2.35. The Morgan fingerprint density at radius 3 is 2.87 bits per heavy atom. The summed E-state index contributed by atoms with van der Waals surface area (Å²) in [4.78, 5) is 14.6. The zero-order valence-corrected chi connectivity index (χ0v) is 14.7. The highest BCUT2D eigenvalue weighted by molar-refractivity contribution is 6.31. The summed E-state index contributed by atoms with van der Waals surface area (Å²) in [5, 5.41) is 0.424. The van der Waals surface area contributed by atoms with Crippen LogP contribution in [0.5, 0.6) is 0 Å². The zero-order chi connectivity index (χ0) is 15.9. The van der Waals surface area contributed by atoms with Crippen LogP contribution in [0.4, 0.5) is 4.39 Å². The van der Waals surface area contributed by atoms with E-state index in [0.29, 0.717) is 22.9 Å². The fourth-order valence-corrected chi connectivity index (χ4v) is 3.83. The van der Waals surface area contributed by atoms with E-state index in [9.17, 15) is 9.18 Å². The Balaban J connectivity index is 0.00000192. The summed E-state index contributed by atoms with van der Waals surface area (Å²) in [5.41, 5.74) is 6.48. The maximum Gasteiger partial charge on any atom is 0.226 e. The van der Waals surface area contributed by atoms with Crippen molar-refractivity contribution in [2.24, 2.45) is 17.6 Å². The van der Waals surface area contributed by atoms with Gasteiger partial charge in [0.05, 0.1) is 0 Å². The van der Waals surface area contributed by atoms with Crippen LogP contribution in [0.1, 0.15) is 37.7 Å². The van der Waals surface area contributed by atoms with E-state index in [1.807, 2.05) is 11.8 Å². The number of nitrogens with two attached hydrogens (primary N) is 1. The van der Waals surface area contributed by atoms with Gasteiger partial charge in [-0.1, -0.05) is 17.7 Å². The minimum atomic E-state index is -0.306. The van der Waals surface area contributed by atoms with E-state index >= 15 is 0 Å². The standard InChI is InChI=1S/C17H22ClFN2O.ClH/c1-10(20)11-4-3-7-21(9-11)17(22)13-8-12(13)16-14(18)5-2-6-15(16)19;/h2,5-6,10-13H,3-4,7-9,20H2,1H3;1H. The largest absolute Gasteiger partial charge is 0.342 e. The van der Waals surface area contributed by atoms with Crippen LogP contribution in [0.15, 0.2) is 18.2 Å². The topological polar surface area (TPSA) is 46.3 Å². The molecule has 0 aromatic heterocycles. The number of carbonyl (C=O) groups is 1. The zero-order valence-electron chi connectivity index (χ0n) is 13.2. The summed E-state index contributed by atoms with van der Waals surface area (Å²) in [6.07, 6.45) is 2.77. The smallest absolute Gasteiger partial charge is 0.226 e. The van der Waals surface area contributed by atoms with Crippen LogP contribution in [0.3, 0.4) is 0 Å². The molecule has 1 heterocycles. The predicted octanol–water partition coefficient (Wildman–Crippen LogP) is 3.59. The van der Waals surface area contributed by atoms with Gasteiger partial charge in [0.25, 0.3) is 0 Å². The lowest BCUT2D eigenvalue weighted by atomic mass is 9.92. The molecule has 2 N–H and O–H groups in total. The third-order valence-corrected chi connectivity index (χ3v) is 5.32. The third-order valence-electron chi connectivity index (χ3n) is 4.99. The lowest BCUT2D eigenvalue weighted by molar-refractivity contribution is -0.134. The van der Waals surface area contributed by atoms with Crippen molar-refractivity contribution in [3.05, 3.63) is 34.6 Å². The van der Waals surface area contributed by atoms with E-state index in [2.05, 4.69) is 0 Å². The quantitative estimate of drug-likeness (QED) is 0.894. The number of piperidine rings is 1. The lowest BCUT2D eigenvalue weighted by Crippen LogP contribution is -2.45. The Morgan fingerprint density at radius 1 is 1.48 bits per heavy atom. The summed E-state index contributed by atoms with van der Waals surface area (Å²) in [7, 11) is 0. The normalized spacial score (nSPS) is 28.0. The number of likely N-dealkylation sites (tertiary alicyclic amines) is 1. The summed E-state index contributed by atoms with van der Waals surface area (Å²) >= 11 is 6.10. The van der Waals surface area contributed by atoms with Gasteiger partial charge in [0, 0.05) is 41.6 Å². The molecule has 3 nitrogen and oxygen atoms in total. The van der Waals surface area contributed by atoms with Gasteiger partial charge in [-0.3, -0.25) is 4.79 Å². The molecule has 1 amide bonds. The molecule has 1 aromatic rings. The maximum absolute atomic E-state index is 14.0. The number of nitrogens with zero attached hydrogens (tertiary/aromatic N) is 1. The van der Waals surface area contributed by atoms with Crippen molar-refractivity contribution in [3.63, 3.8) is 0 Å². The van der Waals surface area contributed by atoms with Gasteiger partial charge in [0.15, 0.2) is 0 Å². The maximum atomic E-state index is 14.0. The van der Waals surface area contributed by atoms with E-state index in [0.717, 1.165) is 25.9 Å². The summed E-state index contributed by atoms with van der Waals surface area (Å²) in [6.45, 7) is 3.51. The number of amides is 1. The Morgan fingerprint density at radius 2 is 2.22 bits per heavy atom. The van der Waals surface area contributed by atoms with E-state index in [1.54, 1.807) is 12.1 Å². The van der Waals surface area contributed by atoms with Crippen LogP contribution in [-0.2, 0) is 4.79 Å². The van der Waals surface area contributed by atoms with Gasteiger partial charge in [-0.25, -0.2) is 4.39 Å². The average molecular weight is 361 g/mol. The van der Waals surface area contributed by atoms with Crippen molar-refractivity contribution in [1.29, 1.82) is 0 Å². The second kappa shape index (κ2) is 7.37. The predicted molar refractivity (Wildman–Crippen MR) is 92.5 cm³/mol. The Hall–Kier alpha value is -0.840. The number of halogens is 3. The first-order valence-electron chi connectivity index (χ1n) is 7.97. The molecule has 2 fully saturated rings. The molecule has 1 aliphatic heterocycles. The molecule has 0 bridgehead atoms. The first-order valence-corrected chi connectivity index (χ1v) is 8.35. The molecule has 1 aliphatic carbocycles. The molecule has 0 spiro atoms. The number of hydrogen-bond acceptors (Lipinski definition) is 2. The fraction of sp³-hybridized carbons (Fsp3) is 0.588. The molecule has 4 atom stereocenters. The van der Waals surface area contributed by atoms with Gasteiger partial charge < -0.3 is 10.6 Å². The highest BCUT2D eigenvalue weighted by atomic mass is 35.5. The Labute approximate surface area is 147 Å². The molecule has 6 heteroatoms. The molecule has 4 unspecified atom stereocenters. The minimum Gasteiger partial charge on any atom is -0.342 e. The highest BCUT2D eigenvalue weighted by Gasteiger charge is 2.48. The van der Waals surface area contributed by atoms with Crippen molar-refractivity contribution in [3.8, 4) is 0 Å². The average Bonchev–Trinajstić information content (AvgIpc) is 3.26. The monoisotopic (exact) mass is 360 g/mol. The fourth-order valence-electron chi connectivity index (χ4n) is 3.53. The van der Waals surface area contributed by atoms with Crippen LogP contribution in [0.2, 0.25) is 5.02 Å². The van der Waals surface area contributed by atoms with Crippen molar-refractivity contribution < 1.29 is 9.18 Å². The molecule has 1 aromatic carbocycles. The van der Waals surface area contributed by atoms with Gasteiger partial charge >= 0.3 is 0 Å². The van der Waals surface area contributed by atoms with Gasteiger partial charge in [-0.05, 0) is 44.2 Å². The second-order valence-electron chi connectivity index (χ2n) is 6.63. The highest BCUT2D eigenvalue weighted by Crippen LogP contribution is 2.51. The molecule has 1 saturated heterocycles. The van der Waals surface area contributed by atoms with Crippen LogP contribution in [0.25, 0.3) is 0 Å². The van der Waals surface area contributed by atoms with E-state index in [1.165, 1.54) is 6.07 Å². The van der Waals surface area contributed by atoms with E-state index in [4.69, 9.17) is 17.3 Å². The summed E-state index contributed by atoms with van der Waals surface area (Å²) < 4.78 is 14.0. The first kappa shape index (κ1) is 18.5. The minimum absolute atomic E-state index is 0. The van der Waals surface area contributed by atoms with Gasteiger partial charge in [-0.2, -0.15) is 0 Å². The molecule has 3 rings (SSSR count). The van der Waals surface area contributed by atoms with Crippen LogP contribution in [0, 0.1) is 17.7 Å². The first-order chi connectivity index (χ1) is 10.5. The number of benzene rings is 1. The molecular weight excluding hydrogens is 338 g/mol. The van der Waals surface area contributed by atoms with Crippen molar-refractivity contribution >= 4 is 29.9 Å². The Kier molecular flexibility index (Phi) is 5.93. The van der Waals surface area contributed by atoms with E-state index in [-0.39, 0.29) is 42.0 Å². The van der Waals surface area contributed by atoms with Crippen LogP contribution < -0.4 is 5.73 Å². The molecule has 0 radical (unpaired) electrons. The van der Waals surface area contributed by atoms with Crippen molar-refractivity contribution in [2.75, 3.05) is 13.1 Å². The summed E-state index contributed by atoms with van der Waals surface area (Å²) in [6, 6.07) is 4.80. The van der Waals surface area contributed by atoms with Gasteiger partial charge in [-0.15, -0.1) is 12.4 Å². The van der Waals surface area contributed by atoms with E-state index < -0.39 is 0 Å². The SMILES string of the molecule is CC(N)C1CCCN(C(=O)C2CC2c2c(F)cccc2Cl)C1.Cl. The van der Waals surface area contributed by atoms with Gasteiger partial charge in [0.2, 0.25) is 5.91 Å². The van der Waals surface area contributed by atoms with Crippen LogP contribution >= 0.6 is 24.0 Å². The number of hydrogen-bond donors (Lipinski definition) is 1. The molecule has 128 valence electrons. The van der Waals surface area contributed by atoms with Crippen LogP contribution in [-0.4, -0.2) is 29.9 Å². The number of carbonyl (C=O) groups excluding carboxylic acids is 1. The third kappa shape index (κ3) is 3.81. The molecule has 1 saturated carbocycles. The van der Waals surface area contributed by atoms with Crippen molar-refractivity contribution in [2.45, 2.75) is 38.1 Å². The molecule has 23 heavy (non-hydrogen) atoms. The number of rotatable bonds is 3. The van der Waals surface area contributed by atoms with Gasteiger partial charge in [0.1, 0.15) is 5.82 Å². The summed E-state index contributed by atoms with van der Waals surface area (Å²) in [5.74, 6) is -0.000345. The molecule has 2 aliphatic rings. The van der Waals surface area contributed by atoms with Crippen molar-refractivity contribution in [1.82, 2.24) is 4.90 Å². The second-order valence-corrected chi connectivity index (χ2v) is 7.04.